The van der Waals surface area contributed by atoms with Crippen LogP contribution in [0, 0.1) is 17.6 Å². The Hall–Kier alpha value is -1.37. The number of alkyl halides is 3. The Kier molecular flexibility index (Phi) is 4.65. The molecule has 22 heavy (non-hydrogen) atoms. The quantitative estimate of drug-likeness (QED) is 0.766. The minimum atomic E-state index is -4.49. The lowest BCUT2D eigenvalue weighted by Gasteiger charge is -2.23. The zero-order valence-corrected chi connectivity index (χ0v) is 12.4. The molecule has 0 amide bonds. The highest BCUT2D eigenvalue weighted by Gasteiger charge is 2.51. The van der Waals surface area contributed by atoms with Gasteiger partial charge in [-0.25, -0.2) is 4.39 Å². The summed E-state index contributed by atoms with van der Waals surface area (Å²) in [4.78, 5) is 0. The second-order valence-corrected chi connectivity index (χ2v) is 5.71. The highest BCUT2D eigenvalue weighted by Crippen LogP contribution is 2.45. The van der Waals surface area contributed by atoms with Gasteiger partial charge in [0.25, 0.3) is 0 Å². The zero-order valence-electron chi connectivity index (χ0n) is 12.4. The maximum absolute atomic E-state index is 14.0. The molecule has 1 aliphatic rings. The maximum Gasteiger partial charge on any atom is 0.414 e. The van der Waals surface area contributed by atoms with E-state index in [1.165, 1.54) is 13.0 Å². The molecule has 2 nitrogen and oxygen atoms in total. The van der Waals surface area contributed by atoms with Crippen molar-refractivity contribution in [2.75, 3.05) is 6.61 Å². The van der Waals surface area contributed by atoms with Gasteiger partial charge in [-0.05, 0) is 19.9 Å². The summed E-state index contributed by atoms with van der Waals surface area (Å²) in [5.74, 6) is -4.25. The van der Waals surface area contributed by atoms with Crippen molar-refractivity contribution < 1.29 is 31.4 Å². The molecular weight excluding hydrogens is 307 g/mol. The van der Waals surface area contributed by atoms with Gasteiger partial charge in [-0.3, -0.25) is 0 Å². The van der Waals surface area contributed by atoms with Crippen LogP contribution in [0.5, 0.6) is 5.75 Å². The van der Waals surface area contributed by atoms with Gasteiger partial charge in [-0.15, -0.1) is 0 Å². The van der Waals surface area contributed by atoms with Crippen molar-refractivity contribution in [3.8, 4) is 5.75 Å². The average Bonchev–Trinajstić information content (AvgIpc) is 2.77. The van der Waals surface area contributed by atoms with Gasteiger partial charge in [0.2, 0.25) is 5.82 Å². The van der Waals surface area contributed by atoms with E-state index < -0.39 is 41.9 Å². The highest BCUT2D eigenvalue weighted by molar-refractivity contribution is 5.39. The fourth-order valence-electron chi connectivity index (χ4n) is 2.68. The minimum absolute atomic E-state index is 0.201. The SMILES string of the molecule is CC(C)Oc1c(C2COC(C(F)(F)F)C2C)ccc(F)c1F. The van der Waals surface area contributed by atoms with Gasteiger partial charge in [0, 0.05) is 17.4 Å². The fourth-order valence-corrected chi connectivity index (χ4v) is 2.68. The molecule has 0 radical (unpaired) electrons. The highest BCUT2D eigenvalue weighted by atomic mass is 19.4. The van der Waals surface area contributed by atoms with E-state index in [0.717, 1.165) is 6.07 Å². The van der Waals surface area contributed by atoms with Gasteiger partial charge < -0.3 is 9.47 Å². The van der Waals surface area contributed by atoms with Gasteiger partial charge >= 0.3 is 6.18 Å². The lowest BCUT2D eigenvalue weighted by molar-refractivity contribution is -0.215. The first-order valence-electron chi connectivity index (χ1n) is 6.95. The third-order valence-electron chi connectivity index (χ3n) is 3.72. The van der Waals surface area contributed by atoms with E-state index in [2.05, 4.69) is 0 Å². The van der Waals surface area contributed by atoms with E-state index in [0.29, 0.717) is 0 Å². The third kappa shape index (κ3) is 3.19. The van der Waals surface area contributed by atoms with Crippen LogP contribution in [0.4, 0.5) is 22.0 Å². The summed E-state index contributed by atoms with van der Waals surface area (Å²) in [5, 5.41) is 0. The van der Waals surface area contributed by atoms with Crippen LogP contribution in [0.2, 0.25) is 0 Å². The van der Waals surface area contributed by atoms with E-state index in [9.17, 15) is 22.0 Å². The van der Waals surface area contributed by atoms with E-state index >= 15 is 0 Å². The molecule has 3 atom stereocenters. The molecule has 0 spiro atoms. The van der Waals surface area contributed by atoms with Crippen molar-refractivity contribution in [1.82, 2.24) is 0 Å². The lowest BCUT2D eigenvalue weighted by atomic mass is 9.86. The third-order valence-corrected chi connectivity index (χ3v) is 3.72. The van der Waals surface area contributed by atoms with Gasteiger partial charge in [-0.1, -0.05) is 13.0 Å². The standard InChI is InChI=1S/C15H17F5O2/c1-7(2)22-13-9(4-5-11(16)12(13)17)10-6-21-14(8(10)3)15(18,19)20/h4-5,7-8,10,14H,6H2,1-3H3. The lowest BCUT2D eigenvalue weighted by Crippen LogP contribution is -2.33. The summed E-state index contributed by atoms with van der Waals surface area (Å²) in [7, 11) is 0. The number of halogens is 5. The molecule has 0 saturated carbocycles. The van der Waals surface area contributed by atoms with Crippen molar-refractivity contribution in [2.24, 2.45) is 5.92 Å². The normalized spacial score (nSPS) is 25.8. The van der Waals surface area contributed by atoms with Crippen molar-refractivity contribution in [2.45, 2.75) is 45.1 Å². The van der Waals surface area contributed by atoms with Crippen LogP contribution in [-0.2, 0) is 4.74 Å². The van der Waals surface area contributed by atoms with Crippen LogP contribution in [0.3, 0.4) is 0 Å². The predicted molar refractivity (Wildman–Crippen MR) is 69.8 cm³/mol. The van der Waals surface area contributed by atoms with E-state index in [1.54, 1.807) is 13.8 Å². The van der Waals surface area contributed by atoms with Crippen LogP contribution >= 0.6 is 0 Å². The summed E-state index contributed by atoms with van der Waals surface area (Å²) >= 11 is 0. The van der Waals surface area contributed by atoms with Crippen LogP contribution in [-0.4, -0.2) is 25.0 Å². The molecule has 1 heterocycles. The van der Waals surface area contributed by atoms with Crippen molar-refractivity contribution in [3.05, 3.63) is 29.3 Å². The second-order valence-electron chi connectivity index (χ2n) is 5.71. The Morgan fingerprint density at radius 2 is 1.86 bits per heavy atom. The van der Waals surface area contributed by atoms with E-state index in [-0.39, 0.29) is 17.9 Å². The molecule has 7 heteroatoms. The molecule has 2 rings (SSSR count). The number of ether oxygens (including phenoxy) is 2. The molecule has 0 bridgehead atoms. The number of rotatable bonds is 3. The van der Waals surface area contributed by atoms with Crippen molar-refractivity contribution in [3.63, 3.8) is 0 Å². The van der Waals surface area contributed by atoms with Crippen LogP contribution in [0.1, 0.15) is 32.3 Å². The first kappa shape index (κ1) is 17.0. The first-order valence-corrected chi connectivity index (χ1v) is 6.95. The number of benzene rings is 1. The average molecular weight is 324 g/mol. The fraction of sp³-hybridized carbons (Fsp3) is 0.600. The molecule has 0 aromatic heterocycles. The molecule has 1 aromatic rings. The van der Waals surface area contributed by atoms with Crippen LogP contribution in [0.25, 0.3) is 0 Å². The summed E-state index contributed by atoms with van der Waals surface area (Å²) in [6.45, 7) is 4.42. The molecular formula is C15H17F5O2. The summed E-state index contributed by atoms with van der Waals surface area (Å²) < 4.78 is 76.1. The number of hydrogen-bond donors (Lipinski definition) is 0. The monoisotopic (exact) mass is 324 g/mol. The second kappa shape index (κ2) is 6.02. The maximum atomic E-state index is 14.0. The topological polar surface area (TPSA) is 18.5 Å². The first-order chi connectivity index (χ1) is 10.1. The summed E-state index contributed by atoms with van der Waals surface area (Å²) in [6.07, 6.45) is -6.85. The van der Waals surface area contributed by atoms with Crippen LogP contribution < -0.4 is 4.74 Å². The van der Waals surface area contributed by atoms with Crippen molar-refractivity contribution in [1.29, 1.82) is 0 Å². The molecule has 1 saturated heterocycles. The van der Waals surface area contributed by atoms with Crippen molar-refractivity contribution >= 4 is 0 Å². The van der Waals surface area contributed by atoms with Gasteiger partial charge in [-0.2, -0.15) is 17.6 Å². The number of hydrogen-bond acceptors (Lipinski definition) is 2. The molecule has 1 fully saturated rings. The molecule has 3 unspecified atom stereocenters. The molecule has 1 aromatic carbocycles. The predicted octanol–water partition coefficient (Wildman–Crippen LogP) is 4.43. The van der Waals surface area contributed by atoms with Gasteiger partial charge in [0.1, 0.15) is 0 Å². The Morgan fingerprint density at radius 1 is 1.23 bits per heavy atom. The Balaban J connectivity index is 2.39. The van der Waals surface area contributed by atoms with E-state index in [1.807, 2.05) is 0 Å². The van der Waals surface area contributed by atoms with Gasteiger partial charge in [0.15, 0.2) is 17.7 Å². The Labute approximate surface area is 125 Å². The largest absolute Gasteiger partial charge is 0.488 e. The van der Waals surface area contributed by atoms with Gasteiger partial charge in [0.05, 0.1) is 12.7 Å². The molecule has 0 aliphatic carbocycles. The Bertz CT molecular complexity index is 541. The summed E-state index contributed by atoms with van der Waals surface area (Å²) in [5.41, 5.74) is 0.201. The van der Waals surface area contributed by atoms with E-state index in [4.69, 9.17) is 9.47 Å². The smallest absolute Gasteiger partial charge is 0.414 e. The summed E-state index contributed by atoms with van der Waals surface area (Å²) in [6, 6.07) is 2.16. The molecule has 0 N–H and O–H groups in total. The zero-order chi connectivity index (χ0) is 16.7. The Morgan fingerprint density at radius 3 is 2.36 bits per heavy atom. The van der Waals surface area contributed by atoms with Crippen LogP contribution in [0.15, 0.2) is 12.1 Å². The molecule has 124 valence electrons. The minimum Gasteiger partial charge on any atom is -0.488 e. The molecule has 1 aliphatic heterocycles.